The topological polar surface area (TPSA) is 99.2 Å². The standard InChI is InChI=1S/C30H24F4N4O3/c31-24-19(17-9-13-35-23(15-17)30(32,33)34)7-4-8-20(24)25(39)27(41)38-14-10-22-21(16-38)26(40)37-28(36-22)29(11-12-29)18-5-2-1-3-6-18/h1-9,13,15,25,39H,10-12,14,16H2,(H,36,37,40). The number of pyridine rings is 1. The fourth-order valence-corrected chi connectivity index (χ4v) is 5.43. The molecule has 0 radical (unpaired) electrons. The number of fused-ring (bicyclic) bond motifs is 1. The highest BCUT2D eigenvalue weighted by atomic mass is 19.4. The molecule has 0 saturated heterocycles. The van der Waals surface area contributed by atoms with Crippen LogP contribution in [0.4, 0.5) is 17.6 Å². The third-order valence-corrected chi connectivity index (χ3v) is 7.83. The van der Waals surface area contributed by atoms with Gasteiger partial charge in [-0.1, -0.05) is 48.5 Å². The Bertz CT molecular complexity index is 1700. The number of hydrogen-bond acceptors (Lipinski definition) is 5. The van der Waals surface area contributed by atoms with E-state index in [1.807, 2.05) is 30.3 Å². The number of hydrogen-bond donors (Lipinski definition) is 2. The van der Waals surface area contributed by atoms with Crippen molar-refractivity contribution in [1.29, 1.82) is 0 Å². The van der Waals surface area contributed by atoms with Crippen molar-refractivity contribution < 1.29 is 27.5 Å². The first kappa shape index (κ1) is 26.8. The molecule has 11 heteroatoms. The molecule has 1 amide bonds. The van der Waals surface area contributed by atoms with Crippen LogP contribution < -0.4 is 5.56 Å². The average molecular weight is 565 g/mol. The number of aromatic amines is 1. The number of benzene rings is 2. The number of aliphatic hydroxyl groups excluding tert-OH is 1. The summed E-state index contributed by atoms with van der Waals surface area (Å²) >= 11 is 0. The molecule has 0 bridgehead atoms. The lowest BCUT2D eigenvalue weighted by atomic mass is 9.94. The molecule has 2 aliphatic rings. The van der Waals surface area contributed by atoms with Gasteiger partial charge in [0, 0.05) is 30.3 Å². The molecule has 4 aromatic rings. The number of amides is 1. The van der Waals surface area contributed by atoms with Crippen molar-refractivity contribution in [1.82, 2.24) is 19.9 Å². The van der Waals surface area contributed by atoms with Crippen LogP contribution in [0.5, 0.6) is 0 Å². The van der Waals surface area contributed by atoms with Crippen LogP contribution in [-0.4, -0.2) is 37.4 Å². The van der Waals surface area contributed by atoms with Gasteiger partial charge in [-0.05, 0) is 36.1 Å². The summed E-state index contributed by atoms with van der Waals surface area (Å²) in [4.78, 5) is 38.6. The molecule has 2 N–H and O–H groups in total. The third-order valence-electron chi connectivity index (χ3n) is 7.83. The SMILES string of the molecule is O=C(C(O)c1cccc(-c2ccnc(C(F)(F)F)c2)c1F)N1CCc2nc(C3(c4ccccc4)CC3)[nH]c(=O)c2C1. The predicted octanol–water partition coefficient (Wildman–Crippen LogP) is 4.69. The maximum Gasteiger partial charge on any atom is 0.433 e. The van der Waals surface area contributed by atoms with Crippen molar-refractivity contribution in [2.75, 3.05) is 6.54 Å². The van der Waals surface area contributed by atoms with Gasteiger partial charge in [0.2, 0.25) is 0 Å². The number of aromatic nitrogens is 3. The van der Waals surface area contributed by atoms with E-state index in [-0.39, 0.29) is 47.2 Å². The lowest BCUT2D eigenvalue weighted by Crippen LogP contribution is -2.42. The van der Waals surface area contributed by atoms with Gasteiger partial charge in [-0.3, -0.25) is 14.6 Å². The van der Waals surface area contributed by atoms with Crippen LogP contribution in [0.3, 0.4) is 0 Å². The molecule has 1 saturated carbocycles. The van der Waals surface area contributed by atoms with E-state index < -0.39 is 29.7 Å². The maximum atomic E-state index is 15.5. The number of alkyl halides is 3. The van der Waals surface area contributed by atoms with E-state index in [9.17, 15) is 27.9 Å². The highest BCUT2D eigenvalue weighted by Crippen LogP contribution is 2.52. The Balaban J connectivity index is 1.24. The van der Waals surface area contributed by atoms with Gasteiger partial charge in [0.05, 0.1) is 23.2 Å². The highest BCUT2D eigenvalue weighted by Gasteiger charge is 2.48. The normalized spacial score (nSPS) is 16.7. The Morgan fingerprint density at radius 3 is 2.54 bits per heavy atom. The molecule has 1 unspecified atom stereocenters. The number of carbonyl (C=O) groups excluding carboxylic acids is 1. The zero-order chi connectivity index (χ0) is 28.9. The summed E-state index contributed by atoms with van der Waals surface area (Å²) in [5.41, 5.74) is -0.647. The number of nitrogens with zero attached hydrogens (tertiary/aromatic N) is 3. The zero-order valence-electron chi connectivity index (χ0n) is 21.6. The van der Waals surface area contributed by atoms with E-state index in [0.717, 1.165) is 24.6 Å². The van der Waals surface area contributed by atoms with Crippen molar-refractivity contribution in [3.63, 3.8) is 0 Å². The van der Waals surface area contributed by atoms with Gasteiger partial charge in [0.1, 0.15) is 17.3 Å². The Hall–Kier alpha value is -4.38. The average Bonchev–Trinajstić information content (AvgIpc) is 3.79. The first-order valence-electron chi connectivity index (χ1n) is 13.1. The summed E-state index contributed by atoms with van der Waals surface area (Å²) in [6.07, 6.45) is -3.75. The van der Waals surface area contributed by atoms with Gasteiger partial charge in [-0.25, -0.2) is 9.37 Å². The van der Waals surface area contributed by atoms with Crippen LogP contribution in [0, 0.1) is 5.82 Å². The minimum atomic E-state index is -4.72. The van der Waals surface area contributed by atoms with Crippen molar-refractivity contribution in [2.24, 2.45) is 0 Å². The molecule has 2 aromatic carbocycles. The fourth-order valence-electron chi connectivity index (χ4n) is 5.43. The van der Waals surface area contributed by atoms with E-state index in [1.165, 1.54) is 29.2 Å². The second kappa shape index (κ2) is 9.91. The van der Waals surface area contributed by atoms with Crippen LogP contribution in [-0.2, 0) is 29.4 Å². The van der Waals surface area contributed by atoms with Crippen molar-refractivity contribution in [2.45, 2.75) is 43.5 Å². The van der Waals surface area contributed by atoms with E-state index in [2.05, 4.69) is 9.97 Å². The summed E-state index contributed by atoms with van der Waals surface area (Å²) in [6.45, 7) is 0.0323. The van der Waals surface area contributed by atoms with E-state index >= 15 is 4.39 Å². The van der Waals surface area contributed by atoms with Crippen molar-refractivity contribution >= 4 is 5.91 Å². The quantitative estimate of drug-likeness (QED) is 0.343. The highest BCUT2D eigenvalue weighted by molar-refractivity contribution is 5.83. The number of rotatable bonds is 5. The molecule has 1 atom stereocenters. The summed E-state index contributed by atoms with van der Waals surface area (Å²) in [7, 11) is 0. The largest absolute Gasteiger partial charge is 0.433 e. The molecule has 7 nitrogen and oxygen atoms in total. The lowest BCUT2D eigenvalue weighted by molar-refractivity contribution is -0.142. The van der Waals surface area contributed by atoms with Gasteiger partial charge in [-0.2, -0.15) is 13.2 Å². The zero-order valence-corrected chi connectivity index (χ0v) is 21.6. The molecular formula is C30H24F4N4O3. The van der Waals surface area contributed by atoms with Gasteiger partial charge in [0.15, 0.2) is 6.10 Å². The molecule has 210 valence electrons. The second-order valence-corrected chi connectivity index (χ2v) is 10.3. The molecule has 2 aromatic heterocycles. The summed E-state index contributed by atoms with van der Waals surface area (Å²) in [6, 6.07) is 15.5. The van der Waals surface area contributed by atoms with E-state index in [0.29, 0.717) is 23.1 Å². The minimum absolute atomic E-state index is 0.101. The van der Waals surface area contributed by atoms with Gasteiger partial charge in [0.25, 0.3) is 11.5 Å². The molecular weight excluding hydrogens is 540 g/mol. The Morgan fingerprint density at radius 2 is 1.83 bits per heavy atom. The minimum Gasteiger partial charge on any atom is -0.378 e. The number of aliphatic hydroxyl groups is 1. The van der Waals surface area contributed by atoms with Gasteiger partial charge in [-0.15, -0.1) is 0 Å². The molecule has 6 rings (SSSR count). The molecule has 1 aliphatic carbocycles. The van der Waals surface area contributed by atoms with Crippen LogP contribution in [0.25, 0.3) is 11.1 Å². The number of H-pyrrole nitrogens is 1. The van der Waals surface area contributed by atoms with E-state index in [1.54, 1.807) is 0 Å². The Labute approximate surface area is 231 Å². The van der Waals surface area contributed by atoms with Gasteiger partial charge < -0.3 is 15.0 Å². The number of halogens is 4. The molecule has 0 spiro atoms. The fraction of sp³-hybridized carbons (Fsp3) is 0.267. The first-order valence-corrected chi connectivity index (χ1v) is 13.1. The summed E-state index contributed by atoms with van der Waals surface area (Å²) in [5.74, 6) is -1.26. The van der Waals surface area contributed by atoms with Crippen molar-refractivity contribution in [3.8, 4) is 11.1 Å². The third kappa shape index (κ3) is 4.80. The molecule has 1 aliphatic heterocycles. The van der Waals surface area contributed by atoms with Gasteiger partial charge >= 0.3 is 6.18 Å². The number of carbonyl (C=O) groups is 1. The van der Waals surface area contributed by atoms with Crippen LogP contribution in [0.1, 0.15) is 52.8 Å². The molecule has 1 fully saturated rings. The Kier molecular flexibility index (Phi) is 6.49. The van der Waals surface area contributed by atoms with Crippen molar-refractivity contribution in [3.05, 3.63) is 117 Å². The molecule has 41 heavy (non-hydrogen) atoms. The summed E-state index contributed by atoms with van der Waals surface area (Å²) < 4.78 is 54.8. The van der Waals surface area contributed by atoms with Crippen LogP contribution >= 0.6 is 0 Å². The second-order valence-electron chi connectivity index (χ2n) is 10.3. The van der Waals surface area contributed by atoms with Crippen LogP contribution in [0.2, 0.25) is 0 Å². The smallest absolute Gasteiger partial charge is 0.378 e. The summed E-state index contributed by atoms with van der Waals surface area (Å²) in [5, 5.41) is 10.9. The number of nitrogens with one attached hydrogen (secondary N) is 1. The first-order chi connectivity index (χ1) is 19.6. The monoisotopic (exact) mass is 564 g/mol. The molecule has 3 heterocycles. The maximum absolute atomic E-state index is 15.5. The lowest BCUT2D eigenvalue weighted by Gasteiger charge is -2.30. The van der Waals surface area contributed by atoms with E-state index in [4.69, 9.17) is 4.98 Å². The predicted molar refractivity (Wildman–Crippen MR) is 140 cm³/mol. The Morgan fingerprint density at radius 1 is 1.07 bits per heavy atom. The van der Waals surface area contributed by atoms with Crippen LogP contribution in [0.15, 0.2) is 71.7 Å².